The third kappa shape index (κ3) is 3.39. The zero-order valence-corrected chi connectivity index (χ0v) is 12.9. The van der Waals surface area contributed by atoms with Gasteiger partial charge in [0, 0.05) is 0 Å². The molecule has 5 atom stereocenters. The summed E-state index contributed by atoms with van der Waals surface area (Å²) < 4.78 is 21.6. The lowest BCUT2D eigenvalue weighted by atomic mass is 10.1. The van der Waals surface area contributed by atoms with E-state index >= 15 is 0 Å². The lowest BCUT2D eigenvalue weighted by Gasteiger charge is -2.25. The standard InChI is InChI=1S/C16H20O7/c1-16(2)22-13-11(18)12(21-15(13)23-16)10(17)8-20-14(19)9-6-4-3-5-7-9/h3-7,10-13,15,17-18H,8H2,1-2H3/t10-,11+,12-,13-,15-/m0/s1. The molecule has 2 saturated heterocycles. The molecule has 3 rings (SSSR count). The summed E-state index contributed by atoms with van der Waals surface area (Å²) in [5, 5.41) is 20.3. The van der Waals surface area contributed by atoms with Crippen molar-refractivity contribution in [2.45, 2.75) is 50.3 Å². The molecule has 1 aromatic rings. The average Bonchev–Trinajstić information content (AvgIpc) is 2.99. The van der Waals surface area contributed by atoms with Gasteiger partial charge < -0.3 is 29.2 Å². The summed E-state index contributed by atoms with van der Waals surface area (Å²) in [5.41, 5.74) is 0.387. The van der Waals surface area contributed by atoms with Crippen molar-refractivity contribution >= 4 is 5.97 Å². The van der Waals surface area contributed by atoms with Gasteiger partial charge in [0.2, 0.25) is 0 Å². The molecule has 7 heteroatoms. The van der Waals surface area contributed by atoms with E-state index in [-0.39, 0.29) is 6.61 Å². The number of ether oxygens (including phenoxy) is 4. The second kappa shape index (κ2) is 6.18. The number of aliphatic hydroxyl groups is 2. The first-order chi connectivity index (χ1) is 10.9. The van der Waals surface area contributed by atoms with Crippen LogP contribution in [0.2, 0.25) is 0 Å². The molecule has 2 N–H and O–H groups in total. The van der Waals surface area contributed by atoms with E-state index in [1.807, 2.05) is 0 Å². The van der Waals surface area contributed by atoms with Gasteiger partial charge in [-0.2, -0.15) is 0 Å². The molecule has 0 saturated carbocycles. The molecule has 7 nitrogen and oxygen atoms in total. The number of fused-ring (bicyclic) bond motifs is 1. The van der Waals surface area contributed by atoms with E-state index in [9.17, 15) is 15.0 Å². The van der Waals surface area contributed by atoms with E-state index < -0.39 is 42.5 Å². The topological polar surface area (TPSA) is 94.5 Å². The smallest absolute Gasteiger partial charge is 0.338 e. The van der Waals surface area contributed by atoms with Gasteiger partial charge in [-0.15, -0.1) is 0 Å². The molecular formula is C16H20O7. The molecule has 0 aliphatic carbocycles. The molecule has 0 spiro atoms. The molecule has 0 amide bonds. The number of carbonyl (C=O) groups is 1. The first kappa shape index (κ1) is 16.4. The van der Waals surface area contributed by atoms with Gasteiger partial charge in [0.1, 0.15) is 31.0 Å². The Kier molecular flexibility index (Phi) is 4.39. The van der Waals surface area contributed by atoms with Crippen LogP contribution in [0.3, 0.4) is 0 Å². The van der Waals surface area contributed by atoms with Gasteiger partial charge in [-0.1, -0.05) is 18.2 Å². The minimum atomic E-state index is -1.18. The summed E-state index contributed by atoms with van der Waals surface area (Å²) in [7, 11) is 0. The second-order valence-corrected chi connectivity index (χ2v) is 6.09. The van der Waals surface area contributed by atoms with Gasteiger partial charge in [0.25, 0.3) is 0 Å². The third-order valence-electron chi connectivity index (χ3n) is 3.83. The fourth-order valence-corrected chi connectivity index (χ4v) is 2.75. The summed E-state index contributed by atoms with van der Waals surface area (Å²) in [4.78, 5) is 11.8. The Morgan fingerprint density at radius 3 is 2.65 bits per heavy atom. The van der Waals surface area contributed by atoms with Crippen LogP contribution in [0.25, 0.3) is 0 Å². The van der Waals surface area contributed by atoms with Gasteiger partial charge in [-0.3, -0.25) is 0 Å². The van der Waals surface area contributed by atoms with Crippen molar-refractivity contribution in [1.29, 1.82) is 0 Å². The maximum absolute atomic E-state index is 11.8. The molecule has 2 aliphatic heterocycles. The molecule has 1 aromatic carbocycles. The van der Waals surface area contributed by atoms with Crippen LogP contribution in [0.15, 0.2) is 30.3 Å². The van der Waals surface area contributed by atoms with Crippen LogP contribution in [0, 0.1) is 0 Å². The van der Waals surface area contributed by atoms with Gasteiger partial charge in [0.05, 0.1) is 5.56 Å². The summed E-state index contributed by atoms with van der Waals surface area (Å²) in [6.07, 6.45) is -4.60. The summed E-state index contributed by atoms with van der Waals surface area (Å²) >= 11 is 0. The molecule has 0 aromatic heterocycles. The second-order valence-electron chi connectivity index (χ2n) is 6.09. The van der Waals surface area contributed by atoms with Crippen LogP contribution in [0.5, 0.6) is 0 Å². The summed E-state index contributed by atoms with van der Waals surface area (Å²) in [6, 6.07) is 8.45. The predicted molar refractivity (Wildman–Crippen MR) is 77.4 cm³/mol. The first-order valence-electron chi connectivity index (χ1n) is 7.47. The predicted octanol–water partition coefficient (Wildman–Crippen LogP) is 0.442. The number of carbonyl (C=O) groups excluding carboxylic acids is 1. The van der Waals surface area contributed by atoms with Gasteiger partial charge >= 0.3 is 5.97 Å². The molecule has 0 radical (unpaired) electrons. The normalized spacial score (nSPS) is 33.2. The molecule has 126 valence electrons. The Morgan fingerprint density at radius 1 is 1.30 bits per heavy atom. The quantitative estimate of drug-likeness (QED) is 0.776. The van der Waals surface area contributed by atoms with Crippen LogP contribution in [0.1, 0.15) is 24.2 Å². The van der Waals surface area contributed by atoms with Gasteiger partial charge in [0.15, 0.2) is 12.1 Å². The SMILES string of the molecule is CC1(C)O[C@@H]2O[C@@H]([C@@H](O)COC(=O)c3ccccc3)[C@@H](O)[C@@H]2O1. The van der Waals surface area contributed by atoms with E-state index in [2.05, 4.69) is 0 Å². The molecule has 0 bridgehead atoms. The van der Waals surface area contributed by atoms with Crippen LogP contribution in [-0.2, 0) is 18.9 Å². The van der Waals surface area contributed by atoms with Crippen LogP contribution < -0.4 is 0 Å². The van der Waals surface area contributed by atoms with Gasteiger partial charge in [-0.25, -0.2) is 4.79 Å². The minimum Gasteiger partial charge on any atom is -0.459 e. The molecular weight excluding hydrogens is 304 g/mol. The molecule has 2 aliphatic rings. The van der Waals surface area contributed by atoms with E-state index in [4.69, 9.17) is 18.9 Å². The monoisotopic (exact) mass is 324 g/mol. The van der Waals surface area contributed by atoms with Crippen molar-refractivity contribution in [2.24, 2.45) is 0 Å². The summed E-state index contributed by atoms with van der Waals surface area (Å²) in [6.45, 7) is 3.14. The Morgan fingerprint density at radius 2 is 2.00 bits per heavy atom. The highest BCUT2D eigenvalue weighted by molar-refractivity contribution is 5.89. The number of rotatable bonds is 4. The van der Waals surface area contributed by atoms with Crippen LogP contribution in [0.4, 0.5) is 0 Å². The molecule has 23 heavy (non-hydrogen) atoms. The van der Waals surface area contributed by atoms with E-state index in [1.54, 1.807) is 44.2 Å². The van der Waals surface area contributed by atoms with Crippen molar-refractivity contribution in [2.75, 3.05) is 6.61 Å². The Labute approximate surface area is 133 Å². The number of hydrogen-bond donors (Lipinski definition) is 2. The summed E-state index contributed by atoms with van der Waals surface area (Å²) in [5.74, 6) is -1.39. The highest BCUT2D eigenvalue weighted by Crippen LogP contribution is 2.38. The maximum atomic E-state index is 11.8. The number of esters is 1. The minimum absolute atomic E-state index is 0.293. The zero-order chi connectivity index (χ0) is 16.6. The highest BCUT2D eigenvalue weighted by Gasteiger charge is 2.56. The fourth-order valence-electron chi connectivity index (χ4n) is 2.75. The number of hydrogen-bond acceptors (Lipinski definition) is 7. The largest absolute Gasteiger partial charge is 0.459 e. The molecule has 2 fully saturated rings. The Hall–Kier alpha value is -1.51. The average molecular weight is 324 g/mol. The van der Waals surface area contributed by atoms with E-state index in [0.29, 0.717) is 5.56 Å². The molecule has 2 heterocycles. The van der Waals surface area contributed by atoms with Crippen molar-refractivity contribution in [3.8, 4) is 0 Å². The van der Waals surface area contributed by atoms with E-state index in [1.165, 1.54) is 0 Å². The third-order valence-corrected chi connectivity index (χ3v) is 3.83. The van der Waals surface area contributed by atoms with Crippen molar-refractivity contribution < 1.29 is 34.0 Å². The van der Waals surface area contributed by atoms with Crippen molar-refractivity contribution in [3.63, 3.8) is 0 Å². The lowest BCUT2D eigenvalue weighted by Crippen LogP contribution is -2.43. The lowest BCUT2D eigenvalue weighted by molar-refractivity contribution is -0.227. The van der Waals surface area contributed by atoms with Crippen molar-refractivity contribution in [1.82, 2.24) is 0 Å². The molecule has 0 unspecified atom stereocenters. The zero-order valence-electron chi connectivity index (χ0n) is 12.9. The Bertz CT molecular complexity index is 559. The number of benzene rings is 1. The maximum Gasteiger partial charge on any atom is 0.338 e. The van der Waals surface area contributed by atoms with Crippen LogP contribution >= 0.6 is 0 Å². The van der Waals surface area contributed by atoms with Crippen LogP contribution in [-0.4, -0.2) is 59.3 Å². The Balaban J connectivity index is 1.54. The fraction of sp³-hybridized carbons (Fsp3) is 0.562. The first-order valence-corrected chi connectivity index (χ1v) is 7.47. The number of aliphatic hydroxyl groups excluding tert-OH is 2. The highest BCUT2D eigenvalue weighted by atomic mass is 16.8. The van der Waals surface area contributed by atoms with Crippen molar-refractivity contribution in [3.05, 3.63) is 35.9 Å². The van der Waals surface area contributed by atoms with Gasteiger partial charge in [-0.05, 0) is 26.0 Å². The van der Waals surface area contributed by atoms with E-state index in [0.717, 1.165) is 0 Å².